The van der Waals surface area contributed by atoms with E-state index in [1.807, 2.05) is 30.5 Å². The number of hydrogen-bond donors (Lipinski definition) is 1. The number of fused-ring (bicyclic) bond motifs is 1. The van der Waals surface area contributed by atoms with Crippen molar-refractivity contribution in [2.45, 2.75) is 78.6 Å². The average Bonchev–Trinajstić information content (AvgIpc) is 3.50. The third-order valence-electron chi connectivity index (χ3n) is 9.91. The molecule has 0 aliphatic rings. The van der Waals surface area contributed by atoms with Crippen molar-refractivity contribution >= 4 is 11.0 Å². The van der Waals surface area contributed by atoms with Gasteiger partial charge in [0.25, 0.3) is 0 Å². The van der Waals surface area contributed by atoms with E-state index in [1.165, 1.54) is 16.7 Å². The Hall–Kier alpha value is -4.79. The van der Waals surface area contributed by atoms with Gasteiger partial charge in [-0.05, 0) is 74.9 Å². The quantitative estimate of drug-likeness (QED) is 0.175. The van der Waals surface area contributed by atoms with Crippen LogP contribution in [-0.2, 0) is 37.3 Å². The average molecular weight is 878 g/mol. The molecule has 0 saturated heterocycles. The molecule has 53 heavy (non-hydrogen) atoms. The predicted molar refractivity (Wildman–Crippen MR) is 217 cm³/mol. The number of phenols is 1. The van der Waals surface area contributed by atoms with Crippen LogP contribution in [0, 0.1) is 6.07 Å². The number of hydrogen-bond acceptors (Lipinski definition) is 3. The van der Waals surface area contributed by atoms with Crippen LogP contribution in [0.4, 0.5) is 0 Å². The van der Waals surface area contributed by atoms with Gasteiger partial charge >= 0.3 is 0 Å². The van der Waals surface area contributed by atoms with Gasteiger partial charge < -0.3 is 5.11 Å². The first kappa shape index (κ1) is 37.9. The summed E-state index contributed by atoms with van der Waals surface area (Å²) in [4.78, 5) is 10.2. The summed E-state index contributed by atoms with van der Waals surface area (Å²) in [6.07, 6.45) is 1.90. The van der Waals surface area contributed by atoms with Gasteiger partial charge in [0.1, 0.15) is 11.6 Å². The number of benzene rings is 5. The van der Waals surface area contributed by atoms with Crippen molar-refractivity contribution in [3.8, 4) is 56.3 Å². The maximum absolute atomic E-state index is 11.3. The number of rotatable bonds is 5. The summed E-state index contributed by atoms with van der Waals surface area (Å²) in [5.74, 6) is 0.874. The molecule has 0 atom stereocenters. The van der Waals surface area contributed by atoms with Crippen LogP contribution in [0.5, 0.6) is 5.75 Å². The smallest absolute Gasteiger partial charge is 0.148 e. The van der Waals surface area contributed by atoms with Crippen molar-refractivity contribution in [1.29, 1.82) is 0 Å². The Bertz CT molecular complexity index is 2390. The van der Waals surface area contributed by atoms with Crippen molar-refractivity contribution in [2.24, 2.45) is 0 Å². The van der Waals surface area contributed by atoms with Crippen LogP contribution in [0.15, 0.2) is 121 Å². The van der Waals surface area contributed by atoms with E-state index in [4.69, 9.17) is 9.97 Å². The van der Waals surface area contributed by atoms with Gasteiger partial charge in [-0.15, -0.1) is 23.8 Å². The van der Waals surface area contributed by atoms with Gasteiger partial charge in [0.2, 0.25) is 0 Å². The number of nitrogens with zero attached hydrogens (tertiary/aromatic N) is 3. The van der Waals surface area contributed by atoms with E-state index in [9.17, 15) is 5.11 Å². The molecule has 0 saturated carbocycles. The van der Waals surface area contributed by atoms with Gasteiger partial charge in [0.15, 0.2) is 0 Å². The Balaban J connectivity index is 0.00000481. The molecule has 0 amide bonds. The van der Waals surface area contributed by atoms with Gasteiger partial charge in [0, 0.05) is 38.6 Å². The van der Waals surface area contributed by atoms with Gasteiger partial charge in [-0.25, -0.2) is 4.98 Å². The Kier molecular flexibility index (Phi) is 10.2. The van der Waals surface area contributed by atoms with Crippen LogP contribution >= 0.6 is 0 Å². The molecule has 0 unspecified atom stereocenters. The van der Waals surface area contributed by atoms with Crippen molar-refractivity contribution in [2.75, 3.05) is 0 Å². The molecular weight excluding hydrogens is 830 g/mol. The minimum absolute atomic E-state index is 0. The molecule has 0 fully saturated rings. The molecule has 0 bridgehead atoms. The van der Waals surface area contributed by atoms with Gasteiger partial charge in [-0.1, -0.05) is 146 Å². The Morgan fingerprint density at radius 3 is 1.81 bits per heavy atom. The standard InChI is InChI=1S/C48H48N3O.Pt/c1-46(2,3)35-22-23-49-41(30-35)34-25-32(31-16-11-10-12-17-31)24-33(26-34)39-19-15-20-42-44(39)50-45(40-18-13-14-21-43(40)52)51(42)38-28-36(47(4,5)6)27-37(29-38)48(7,8)9;/h10-25,27-30,52H,1-9H3;/q-1;. The fraction of sp³-hybridized carbons (Fsp3) is 0.250. The minimum atomic E-state index is -0.0752. The zero-order chi connectivity index (χ0) is 37.0. The van der Waals surface area contributed by atoms with Crippen molar-refractivity contribution in [1.82, 2.24) is 14.5 Å². The Morgan fingerprint density at radius 1 is 0.566 bits per heavy atom. The second kappa shape index (κ2) is 14.2. The summed E-state index contributed by atoms with van der Waals surface area (Å²) in [7, 11) is 0. The monoisotopic (exact) mass is 877 g/mol. The zero-order valence-electron chi connectivity index (χ0n) is 32.2. The molecule has 2 aromatic heterocycles. The molecule has 1 N–H and O–H groups in total. The summed E-state index contributed by atoms with van der Waals surface area (Å²) >= 11 is 0. The van der Waals surface area contributed by atoms with E-state index < -0.39 is 0 Å². The second-order valence-corrected chi connectivity index (χ2v) is 17.0. The van der Waals surface area contributed by atoms with Crippen molar-refractivity contribution in [3.63, 3.8) is 0 Å². The fourth-order valence-electron chi connectivity index (χ4n) is 6.72. The first-order valence-corrected chi connectivity index (χ1v) is 18.1. The van der Waals surface area contributed by atoms with Crippen LogP contribution < -0.4 is 0 Å². The molecule has 0 radical (unpaired) electrons. The Labute approximate surface area is 329 Å². The first-order valence-electron chi connectivity index (χ1n) is 18.1. The van der Waals surface area contributed by atoms with Crippen molar-refractivity contribution < 1.29 is 26.2 Å². The minimum Gasteiger partial charge on any atom is -0.507 e. The largest absolute Gasteiger partial charge is 0.507 e. The molecule has 5 aromatic carbocycles. The van der Waals surface area contributed by atoms with Crippen LogP contribution in [0.2, 0.25) is 0 Å². The molecule has 7 aromatic rings. The van der Waals surface area contributed by atoms with Crippen LogP contribution in [-0.4, -0.2) is 19.6 Å². The van der Waals surface area contributed by atoms with Gasteiger partial charge in [-0.2, -0.15) is 0 Å². The van der Waals surface area contributed by atoms with E-state index >= 15 is 0 Å². The summed E-state index contributed by atoms with van der Waals surface area (Å²) in [5.41, 5.74) is 12.9. The zero-order valence-corrected chi connectivity index (χ0v) is 34.4. The number of phenolic OH excluding ortho intramolecular Hbond substituents is 1. The number of imidazole rings is 1. The molecular formula is C48H48N3OPt-. The van der Waals surface area contributed by atoms with E-state index in [0.717, 1.165) is 50.2 Å². The van der Waals surface area contributed by atoms with Gasteiger partial charge in [0.05, 0.1) is 16.6 Å². The van der Waals surface area contributed by atoms with Crippen LogP contribution in [0.25, 0.3) is 61.6 Å². The molecule has 7 rings (SSSR count). The molecule has 0 aliphatic carbocycles. The van der Waals surface area contributed by atoms with E-state index in [0.29, 0.717) is 11.4 Å². The SMILES string of the molecule is CC(C)(C)c1cc(-n2c(-c3ccccc3O)nc3c(-c4[c-]c(-c5cc(C(C)(C)C)ccn5)cc(-c5ccccc5)c4)cccc32)cc(C(C)(C)C)c1.[Pt]. The van der Waals surface area contributed by atoms with E-state index in [-0.39, 0.29) is 43.1 Å². The number of pyridine rings is 1. The molecule has 0 spiro atoms. The van der Waals surface area contributed by atoms with Crippen LogP contribution in [0.1, 0.15) is 79.0 Å². The first-order chi connectivity index (χ1) is 24.6. The maximum Gasteiger partial charge on any atom is 0.148 e. The topological polar surface area (TPSA) is 50.9 Å². The second-order valence-electron chi connectivity index (χ2n) is 17.0. The molecule has 4 nitrogen and oxygen atoms in total. The third-order valence-corrected chi connectivity index (χ3v) is 9.91. The Morgan fingerprint density at radius 2 is 1.17 bits per heavy atom. The molecule has 272 valence electrons. The fourth-order valence-corrected chi connectivity index (χ4v) is 6.72. The van der Waals surface area contributed by atoms with E-state index in [2.05, 4.69) is 158 Å². The molecule has 0 aliphatic heterocycles. The summed E-state index contributed by atoms with van der Waals surface area (Å²) in [5, 5.41) is 11.3. The summed E-state index contributed by atoms with van der Waals surface area (Å²) in [6, 6.07) is 43.6. The predicted octanol–water partition coefficient (Wildman–Crippen LogP) is 12.5. The molecule has 2 heterocycles. The third kappa shape index (κ3) is 7.66. The molecule has 5 heteroatoms. The number of para-hydroxylation sites is 2. The summed E-state index contributed by atoms with van der Waals surface area (Å²) < 4.78 is 2.22. The maximum atomic E-state index is 11.3. The van der Waals surface area contributed by atoms with Crippen molar-refractivity contribution in [3.05, 3.63) is 144 Å². The number of aromatic nitrogens is 3. The normalized spacial score (nSPS) is 12.2. The summed E-state index contributed by atoms with van der Waals surface area (Å²) in [6.45, 7) is 20.2. The van der Waals surface area contributed by atoms with Gasteiger partial charge in [-0.3, -0.25) is 9.55 Å². The van der Waals surface area contributed by atoms with E-state index in [1.54, 1.807) is 6.07 Å². The number of aromatic hydroxyl groups is 1. The van der Waals surface area contributed by atoms with Crippen LogP contribution in [0.3, 0.4) is 0 Å².